The summed E-state index contributed by atoms with van der Waals surface area (Å²) < 4.78 is 0. The minimum Gasteiger partial charge on any atom is -0.348 e. The highest BCUT2D eigenvalue weighted by Crippen LogP contribution is 2.24. The van der Waals surface area contributed by atoms with Crippen LogP contribution < -0.4 is 5.32 Å². The first-order chi connectivity index (χ1) is 12.7. The number of amides is 2. The summed E-state index contributed by atoms with van der Waals surface area (Å²) in [5.74, 6) is 2.21. The maximum atomic E-state index is 12.6. The van der Waals surface area contributed by atoms with Crippen LogP contribution in [0, 0.1) is 0 Å². The van der Waals surface area contributed by atoms with E-state index in [1.807, 2.05) is 28.8 Å². The number of benzene rings is 1. The van der Waals surface area contributed by atoms with Gasteiger partial charge in [-0.2, -0.15) is 11.8 Å². The average molecular weight is 374 g/mol. The molecule has 5 nitrogen and oxygen atoms in total. The molecule has 3 heterocycles. The number of nitrogens with one attached hydrogen (secondary N) is 1. The summed E-state index contributed by atoms with van der Waals surface area (Å²) in [5.41, 5.74) is 2.42. The second-order valence-electron chi connectivity index (χ2n) is 7.53. The van der Waals surface area contributed by atoms with E-state index >= 15 is 0 Å². The van der Waals surface area contributed by atoms with Gasteiger partial charge in [0.15, 0.2) is 0 Å². The second kappa shape index (κ2) is 8.01. The van der Waals surface area contributed by atoms with E-state index in [1.54, 1.807) is 6.07 Å². The molecule has 0 aliphatic carbocycles. The van der Waals surface area contributed by atoms with E-state index < -0.39 is 0 Å². The molecule has 0 radical (unpaired) electrons. The van der Waals surface area contributed by atoms with Crippen molar-refractivity contribution in [1.82, 2.24) is 15.1 Å². The fraction of sp³-hybridized carbons (Fsp3) is 0.600. The minimum absolute atomic E-state index is 0.0143. The van der Waals surface area contributed by atoms with Gasteiger partial charge in [0.1, 0.15) is 0 Å². The van der Waals surface area contributed by atoms with Crippen molar-refractivity contribution in [1.29, 1.82) is 0 Å². The van der Waals surface area contributed by atoms with Gasteiger partial charge in [0.05, 0.1) is 0 Å². The summed E-state index contributed by atoms with van der Waals surface area (Å²) in [6.45, 7) is 4.65. The molecule has 2 amide bonds. The summed E-state index contributed by atoms with van der Waals surface area (Å²) in [4.78, 5) is 29.5. The number of rotatable bonds is 5. The van der Waals surface area contributed by atoms with Crippen molar-refractivity contribution < 1.29 is 9.59 Å². The van der Waals surface area contributed by atoms with Crippen LogP contribution in [0.3, 0.4) is 0 Å². The van der Waals surface area contributed by atoms with Gasteiger partial charge in [-0.05, 0) is 61.9 Å². The van der Waals surface area contributed by atoms with Crippen molar-refractivity contribution in [2.24, 2.45) is 0 Å². The first-order valence-electron chi connectivity index (χ1n) is 9.74. The predicted octanol–water partition coefficient (Wildman–Crippen LogP) is 2.36. The maximum Gasteiger partial charge on any atom is 0.254 e. The number of carbonyl (C=O) groups is 2. The summed E-state index contributed by atoms with van der Waals surface area (Å²) in [6.07, 6.45) is 4.91. The Morgan fingerprint density at radius 3 is 2.81 bits per heavy atom. The zero-order chi connectivity index (χ0) is 17.9. The van der Waals surface area contributed by atoms with Gasteiger partial charge >= 0.3 is 0 Å². The third kappa shape index (κ3) is 3.91. The van der Waals surface area contributed by atoms with Crippen LogP contribution in [-0.2, 0) is 6.54 Å². The predicted molar refractivity (Wildman–Crippen MR) is 105 cm³/mol. The Bertz CT molecular complexity index is 682. The third-order valence-electron chi connectivity index (χ3n) is 5.65. The molecule has 3 aliphatic heterocycles. The fourth-order valence-electron chi connectivity index (χ4n) is 4.07. The molecule has 0 bridgehead atoms. The molecule has 1 N–H and O–H groups in total. The molecule has 1 atom stereocenters. The van der Waals surface area contributed by atoms with E-state index in [-0.39, 0.29) is 17.9 Å². The Labute approximate surface area is 159 Å². The lowest BCUT2D eigenvalue weighted by Crippen LogP contribution is -2.38. The Kier molecular flexibility index (Phi) is 5.50. The number of fused-ring (bicyclic) bond motifs is 1. The van der Waals surface area contributed by atoms with Crippen molar-refractivity contribution in [2.45, 2.75) is 38.3 Å². The highest BCUT2D eigenvalue weighted by Gasteiger charge is 2.28. The summed E-state index contributed by atoms with van der Waals surface area (Å²) in [6, 6.07) is 5.81. The van der Waals surface area contributed by atoms with Gasteiger partial charge in [-0.3, -0.25) is 9.59 Å². The Balaban J connectivity index is 1.37. The van der Waals surface area contributed by atoms with Crippen LogP contribution in [0.5, 0.6) is 0 Å². The van der Waals surface area contributed by atoms with Gasteiger partial charge in [0.2, 0.25) is 0 Å². The molecular formula is C20H27N3O2S. The van der Waals surface area contributed by atoms with Crippen molar-refractivity contribution in [3.05, 3.63) is 34.9 Å². The number of likely N-dealkylation sites (tertiary alicyclic amines) is 1. The van der Waals surface area contributed by atoms with E-state index in [0.717, 1.165) is 55.2 Å². The lowest BCUT2D eigenvalue weighted by atomic mass is 10.1. The summed E-state index contributed by atoms with van der Waals surface area (Å²) >= 11 is 1.89. The van der Waals surface area contributed by atoms with Crippen molar-refractivity contribution in [3.63, 3.8) is 0 Å². The highest BCUT2D eigenvalue weighted by atomic mass is 32.2. The molecule has 0 saturated carbocycles. The van der Waals surface area contributed by atoms with Crippen LogP contribution in [0.1, 0.15) is 52.0 Å². The van der Waals surface area contributed by atoms with Gasteiger partial charge in [-0.25, -0.2) is 0 Å². The number of carbonyl (C=O) groups excluding carboxylic acids is 2. The van der Waals surface area contributed by atoms with Crippen molar-refractivity contribution >= 4 is 23.6 Å². The molecule has 0 aromatic heterocycles. The molecule has 1 aromatic carbocycles. The third-order valence-corrected chi connectivity index (χ3v) is 6.81. The van der Waals surface area contributed by atoms with Crippen LogP contribution in [-0.4, -0.2) is 65.3 Å². The molecule has 0 unspecified atom stereocenters. The summed E-state index contributed by atoms with van der Waals surface area (Å²) in [5, 5.41) is 3.11. The van der Waals surface area contributed by atoms with E-state index in [1.165, 1.54) is 19.3 Å². The second-order valence-corrected chi connectivity index (χ2v) is 8.68. The zero-order valence-corrected chi connectivity index (χ0v) is 16.0. The van der Waals surface area contributed by atoms with Crippen LogP contribution in [0.2, 0.25) is 0 Å². The quantitative estimate of drug-likeness (QED) is 0.861. The minimum atomic E-state index is -0.0143. The number of hydrogen-bond acceptors (Lipinski definition) is 4. The zero-order valence-electron chi connectivity index (χ0n) is 15.2. The standard InChI is InChI=1S/C20H27N3O2S/c24-19(21-17-6-11-26-14-17)15-4-5-18-16(12-15)13-23(20(18)25)10-9-22-7-2-1-3-8-22/h4-5,12,17H,1-3,6-11,13-14H2,(H,21,24)/t17-/m1/s1. The van der Waals surface area contributed by atoms with Crippen LogP contribution in [0.4, 0.5) is 0 Å². The average Bonchev–Trinajstić information content (AvgIpc) is 3.28. The lowest BCUT2D eigenvalue weighted by molar-refractivity contribution is 0.0752. The molecule has 2 saturated heterocycles. The first kappa shape index (κ1) is 17.9. The largest absolute Gasteiger partial charge is 0.348 e. The van der Waals surface area contributed by atoms with Gasteiger partial charge < -0.3 is 15.1 Å². The number of thioether (sulfide) groups is 1. The monoisotopic (exact) mass is 373 g/mol. The molecular weight excluding hydrogens is 346 g/mol. The van der Waals surface area contributed by atoms with Crippen molar-refractivity contribution in [2.75, 3.05) is 37.7 Å². The number of nitrogens with zero attached hydrogens (tertiary/aromatic N) is 2. The van der Waals surface area contributed by atoms with Gasteiger partial charge in [0, 0.05) is 42.6 Å². The molecule has 6 heteroatoms. The molecule has 26 heavy (non-hydrogen) atoms. The smallest absolute Gasteiger partial charge is 0.254 e. The Morgan fingerprint density at radius 2 is 2.04 bits per heavy atom. The van der Waals surface area contributed by atoms with Crippen LogP contribution in [0.15, 0.2) is 18.2 Å². The normalized spacial score (nSPS) is 23.3. The SMILES string of the molecule is O=C(N[C@@H]1CCSC1)c1ccc2c(c1)CN(CCN1CCCCC1)C2=O. The van der Waals surface area contributed by atoms with Crippen LogP contribution >= 0.6 is 11.8 Å². The summed E-state index contributed by atoms with van der Waals surface area (Å²) in [7, 11) is 0. The van der Waals surface area contributed by atoms with Gasteiger partial charge in [-0.15, -0.1) is 0 Å². The molecule has 0 spiro atoms. The first-order valence-corrected chi connectivity index (χ1v) is 10.9. The van der Waals surface area contributed by atoms with E-state index in [0.29, 0.717) is 12.1 Å². The molecule has 4 rings (SSSR count). The highest BCUT2D eigenvalue weighted by molar-refractivity contribution is 7.99. The Hall–Kier alpha value is -1.53. The molecule has 140 valence electrons. The maximum absolute atomic E-state index is 12.6. The van der Waals surface area contributed by atoms with Gasteiger partial charge in [-0.1, -0.05) is 6.42 Å². The fourth-order valence-corrected chi connectivity index (χ4v) is 5.22. The van der Waals surface area contributed by atoms with E-state index in [9.17, 15) is 9.59 Å². The van der Waals surface area contributed by atoms with Gasteiger partial charge in [0.25, 0.3) is 11.8 Å². The number of piperidine rings is 1. The van der Waals surface area contributed by atoms with E-state index in [4.69, 9.17) is 0 Å². The topological polar surface area (TPSA) is 52.7 Å². The molecule has 3 aliphatic rings. The van der Waals surface area contributed by atoms with Crippen LogP contribution in [0.25, 0.3) is 0 Å². The number of hydrogen-bond donors (Lipinski definition) is 1. The van der Waals surface area contributed by atoms with Crippen molar-refractivity contribution in [3.8, 4) is 0 Å². The lowest BCUT2D eigenvalue weighted by Gasteiger charge is -2.28. The Morgan fingerprint density at radius 1 is 1.19 bits per heavy atom. The molecule has 1 aromatic rings. The van der Waals surface area contributed by atoms with E-state index in [2.05, 4.69) is 10.2 Å². The molecule has 2 fully saturated rings.